The first kappa shape index (κ1) is 9.17. The first-order valence-corrected chi connectivity index (χ1v) is 4.66. The summed E-state index contributed by atoms with van der Waals surface area (Å²) in [5, 5.41) is 12.0. The van der Waals surface area contributed by atoms with Gasteiger partial charge in [-0.3, -0.25) is 10.3 Å². The largest absolute Gasteiger partial charge is 0.295 e. The van der Waals surface area contributed by atoms with Crippen LogP contribution in [0, 0.1) is 11.3 Å². The molecule has 0 bridgehead atoms. The molecule has 0 amide bonds. The van der Waals surface area contributed by atoms with E-state index in [0.717, 1.165) is 4.88 Å². The molecule has 0 saturated carbocycles. The summed E-state index contributed by atoms with van der Waals surface area (Å²) in [6.07, 6.45) is 1.73. The quantitative estimate of drug-likeness (QED) is 0.772. The van der Waals surface area contributed by atoms with Crippen LogP contribution in [0.1, 0.15) is 24.8 Å². The summed E-state index contributed by atoms with van der Waals surface area (Å²) in [6.45, 7) is 4.04. The van der Waals surface area contributed by atoms with Gasteiger partial charge >= 0.3 is 0 Å². The Hall–Kier alpha value is -0.920. The van der Waals surface area contributed by atoms with Gasteiger partial charge in [-0.25, -0.2) is 0 Å². The maximum atomic E-state index is 8.81. The number of nitriles is 1. The van der Waals surface area contributed by atoms with Crippen LogP contribution in [0.3, 0.4) is 0 Å². The van der Waals surface area contributed by atoms with Crippen molar-refractivity contribution in [2.24, 2.45) is 0 Å². The second-order valence-corrected chi connectivity index (χ2v) is 3.71. The number of hydrogen-bond donors (Lipinski definition) is 1. The van der Waals surface area contributed by atoms with Crippen LogP contribution >= 0.6 is 11.3 Å². The normalized spacial score (nSPS) is 12.8. The summed E-state index contributed by atoms with van der Waals surface area (Å²) in [5.74, 6) is 0. The van der Waals surface area contributed by atoms with E-state index < -0.39 is 0 Å². The summed E-state index contributed by atoms with van der Waals surface area (Å²) < 4.78 is 0. The van der Waals surface area contributed by atoms with Gasteiger partial charge in [-0.2, -0.15) is 5.26 Å². The highest BCUT2D eigenvalue weighted by atomic mass is 32.1. The molecule has 0 fully saturated rings. The molecule has 0 radical (unpaired) electrons. The van der Waals surface area contributed by atoms with Gasteiger partial charge in [-0.1, -0.05) is 0 Å². The van der Waals surface area contributed by atoms with Crippen molar-refractivity contribution in [3.05, 3.63) is 16.6 Å². The van der Waals surface area contributed by atoms with Crippen LogP contribution in [0.25, 0.3) is 0 Å². The lowest BCUT2D eigenvalue weighted by molar-refractivity contribution is 0.551. The van der Waals surface area contributed by atoms with E-state index in [4.69, 9.17) is 5.26 Å². The predicted octanol–water partition coefficient (Wildman–Crippen LogP) is 1.71. The molecule has 1 aromatic heterocycles. The Bertz CT molecular complexity index is 260. The van der Waals surface area contributed by atoms with Crippen LogP contribution in [0.4, 0.5) is 0 Å². The van der Waals surface area contributed by atoms with E-state index in [2.05, 4.69) is 16.4 Å². The van der Waals surface area contributed by atoms with Crippen molar-refractivity contribution in [3.8, 4) is 6.07 Å². The zero-order chi connectivity index (χ0) is 8.97. The molecular formula is C8H11N3S. The van der Waals surface area contributed by atoms with Crippen LogP contribution in [0.15, 0.2) is 11.7 Å². The van der Waals surface area contributed by atoms with Gasteiger partial charge in [-0.05, 0) is 13.8 Å². The van der Waals surface area contributed by atoms with Crippen molar-refractivity contribution in [2.45, 2.75) is 25.9 Å². The third-order valence-corrected chi connectivity index (χ3v) is 2.21. The van der Waals surface area contributed by atoms with Crippen molar-refractivity contribution in [1.82, 2.24) is 10.3 Å². The number of thiazole rings is 1. The Morgan fingerprint density at radius 1 is 1.67 bits per heavy atom. The number of hydrogen-bond acceptors (Lipinski definition) is 4. The van der Waals surface area contributed by atoms with Gasteiger partial charge in [0.25, 0.3) is 0 Å². The molecule has 12 heavy (non-hydrogen) atoms. The minimum atomic E-state index is -0.211. The SMILES string of the molecule is CC(C)NC(C#N)c1cncs1. The second-order valence-electron chi connectivity index (χ2n) is 2.79. The fourth-order valence-corrected chi connectivity index (χ4v) is 1.51. The lowest BCUT2D eigenvalue weighted by Crippen LogP contribution is -2.26. The van der Waals surface area contributed by atoms with E-state index in [-0.39, 0.29) is 6.04 Å². The highest BCUT2D eigenvalue weighted by Crippen LogP contribution is 2.16. The second kappa shape index (κ2) is 4.19. The van der Waals surface area contributed by atoms with E-state index >= 15 is 0 Å². The van der Waals surface area contributed by atoms with Gasteiger partial charge < -0.3 is 0 Å². The zero-order valence-corrected chi connectivity index (χ0v) is 7.93. The molecule has 0 aliphatic heterocycles. The predicted molar refractivity (Wildman–Crippen MR) is 48.7 cm³/mol. The van der Waals surface area contributed by atoms with Gasteiger partial charge in [0.15, 0.2) is 0 Å². The summed E-state index contributed by atoms with van der Waals surface area (Å²) in [7, 11) is 0. The van der Waals surface area contributed by atoms with Gasteiger partial charge in [0.05, 0.1) is 16.5 Å². The molecule has 0 aliphatic rings. The summed E-state index contributed by atoms with van der Waals surface area (Å²) in [6, 6.07) is 2.30. The van der Waals surface area contributed by atoms with Gasteiger partial charge in [0.1, 0.15) is 6.04 Å². The highest BCUT2D eigenvalue weighted by Gasteiger charge is 2.11. The van der Waals surface area contributed by atoms with E-state index in [9.17, 15) is 0 Å². The summed E-state index contributed by atoms with van der Waals surface area (Å²) in [4.78, 5) is 4.90. The molecule has 1 aromatic rings. The lowest BCUT2D eigenvalue weighted by atomic mass is 10.2. The average Bonchev–Trinajstić information content (AvgIpc) is 2.51. The molecule has 0 saturated heterocycles. The Morgan fingerprint density at radius 2 is 2.42 bits per heavy atom. The van der Waals surface area contributed by atoms with Crippen LogP contribution in [0.2, 0.25) is 0 Å². The Kier molecular flexibility index (Phi) is 3.20. The van der Waals surface area contributed by atoms with Crippen molar-refractivity contribution >= 4 is 11.3 Å². The average molecular weight is 181 g/mol. The van der Waals surface area contributed by atoms with Crippen LogP contribution < -0.4 is 5.32 Å². The Morgan fingerprint density at radius 3 is 2.83 bits per heavy atom. The van der Waals surface area contributed by atoms with Crippen molar-refractivity contribution in [2.75, 3.05) is 0 Å². The molecule has 1 heterocycles. The Balaban J connectivity index is 2.65. The lowest BCUT2D eigenvalue weighted by Gasteiger charge is -2.11. The third kappa shape index (κ3) is 2.29. The number of nitrogens with zero attached hydrogens (tertiary/aromatic N) is 2. The molecule has 0 spiro atoms. The number of aromatic nitrogens is 1. The third-order valence-electron chi connectivity index (χ3n) is 1.37. The van der Waals surface area contributed by atoms with Crippen LogP contribution in [-0.2, 0) is 0 Å². The molecule has 64 valence electrons. The number of nitrogens with one attached hydrogen (secondary N) is 1. The molecule has 1 N–H and O–H groups in total. The van der Waals surface area contributed by atoms with Crippen molar-refractivity contribution in [1.29, 1.82) is 5.26 Å². The fraction of sp³-hybridized carbons (Fsp3) is 0.500. The van der Waals surface area contributed by atoms with E-state index in [1.54, 1.807) is 11.7 Å². The molecule has 3 nitrogen and oxygen atoms in total. The molecule has 0 aliphatic carbocycles. The van der Waals surface area contributed by atoms with E-state index in [1.807, 2.05) is 13.8 Å². The molecule has 1 rings (SSSR count). The zero-order valence-electron chi connectivity index (χ0n) is 7.11. The van der Waals surface area contributed by atoms with Gasteiger partial charge in [0, 0.05) is 12.2 Å². The monoisotopic (exact) mass is 181 g/mol. The van der Waals surface area contributed by atoms with Gasteiger partial charge in [0.2, 0.25) is 0 Å². The molecule has 4 heteroatoms. The summed E-state index contributed by atoms with van der Waals surface area (Å²) in [5.41, 5.74) is 1.74. The van der Waals surface area contributed by atoms with E-state index in [1.165, 1.54) is 11.3 Å². The fourth-order valence-electron chi connectivity index (χ4n) is 0.885. The first-order valence-electron chi connectivity index (χ1n) is 3.78. The van der Waals surface area contributed by atoms with E-state index in [0.29, 0.717) is 6.04 Å². The topological polar surface area (TPSA) is 48.7 Å². The molecule has 1 atom stereocenters. The van der Waals surface area contributed by atoms with Gasteiger partial charge in [-0.15, -0.1) is 11.3 Å². The van der Waals surface area contributed by atoms with Crippen LogP contribution in [-0.4, -0.2) is 11.0 Å². The Labute approximate surface area is 76.1 Å². The maximum Gasteiger partial charge on any atom is 0.132 e. The van der Waals surface area contributed by atoms with Crippen molar-refractivity contribution in [3.63, 3.8) is 0 Å². The highest BCUT2D eigenvalue weighted by molar-refractivity contribution is 7.09. The standard InChI is InChI=1S/C8H11N3S/c1-6(2)11-7(3-9)8-4-10-5-12-8/h4-7,11H,1-2H3. The van der Waals surface area contributed by atoms with Crippen LogP contribution in [0.5, 0.6) is 0 Å². The van der Waals surface area contributed by atoms with Crippen molar-refractivity contribution < 1.29 is 0 Å². The molecular weight excluding hydrogens is 170 g/mol. The minimum Gasteiger partial charge on any atom is -0.295 e. The minimum absolute atomic E-state index is 0.211. The molecule has 0 aromatic carbocycles. The first-order chi connectivity index (χ1) is 5.74. The smallest absolute Gasteiger partial charge is 0.132 e. The maximum absolute atomic E-state index is 8.81. The number of rotatable bonds is 3. The molecule has 1 unspecified atom stereocenters. The summed E-state index contributed by atoms with van der Waals surface area (Å²) >= 11 is 1.50.